The third-order valence-corrected chi connectivity index (χ3v) is 8.85. The van der Waals surface area contributed by atoms with Crippen LogP contribution in [0.5, 0.6) is 0 Å². The summed E-state index contributed by atoms with van der Waals surface area (Å²) in [6, 6.07) is 0. The molecular weight excluding hydrogens is 480 g/mol. The average Bonchev–Trinajstić information content (AvgIpc) is 3.44. The van der Waals surface area contributed by atoms with Gasteiger partial charge >= 0.3 is 0 Å². The van der Waals surface area contributed by atoms with Crippen LogP contribution in [0.3, 0.4) is 0 Å². The maximum absolute atomic E-state index is 12.8. The zero-order valence-electron chi connectivity index (χ0n) is 26.5. The summed E-state index contributed by atoms with van der Waals surface area (Å²) in [4.78, 5) is 25.5. The fraction of sp³-hybridized carbons (Fsp3) is 0.943. The molecule has 1 fully saturated rings. The lowest BCUT2D eigenvalue weighted by Gasteiger charge is -2.19. The second kappa shape index (κ2) is 27.1. The molecular formula is C35H68N2O2. The van der Waals surface area contributed by atoms with Crippen LogP contribution >= 0.6 is 0 Å². The van der Waals surface area contributed by atoms with Gasteiger partial charge in [-0.2, -0.15) is 0 Å². The zero-order valence-corrected chi connectivity index (χ0v) is 26.5. The molecule has 0 aromatic carbocycles. The van der Waals surface area contributed by atoms with Crippen LogP contribution in [0.25, 0.3) is 0 Å². The summed E-state index contributed by atoms with van der Waals surface area (Å²) in [6.07, 6.45) is 34.6. The molecule has 0 saturated heterocycles. The minimum Gasteiger partial charge on any atom is -0.356 e. The summed E-state index contributed by atoms with van der Waals surface area (Å²) in [5, 5.41) is 6.29. The van der Waals surface area contributed by atoms with Gasteiger partial charge < -0.3 is 10.6 Å². The molecule has 0 heterocycles. The van der Waals surface area contributed by atoms with Crippen LogP contribution in [0.15, 0.2) is 0 Å². The molecule has 1 aliphatic rings. The van der Waals surface area contributed by atoms with E-state index in [1.807, 2.05) is 0 Å². The first-order valence-corrected chi connectivity index (χ1v) is 17.8. The highest BCUT2D eigenvalue weighted by atomic mass is 16.2. The van der Waals surface area contributed by atoms with Crippen molar-refractivity contribution < 1.29 is 9.59 Å². The molecule has 4 heteroatoms. The van der Waals surface area contributed by atoms with Crippen LogP contribution in [0.2, 0.25) is 0 Å². The summed E-state index contributed by atoms with van der Waals surface area (Å²) >= 11 is 0. The predicted octanol–water partition coefficient (Wildman–Crippen LogP) is 10.0. The topological polar surface area (TPSA) is 58.2 Å². The van der Waals surface area contributed by atoms with E-state index in [9.17, 15) is 9.59 Å². The van der Waals surface area contributed by atoms with Gasteiger partial charge in [-0.1, -0.05) is 162 Å². The molecule has 1 rings (SSSR count). The fourth-order valence-electron chi connectivity index (χ4n) is 6.21. The number of nitrogens with one attached hydrogen (secondary N) is 2. The van der Waals surface area contributed by atoms with Crippen LogP contribution in [0.4, 0.5) is 0 Å². The SMILES string of the molecule is CCCCCCCCCCCCCCNC(=O)[C@@H]1CCC[C@H]1C(=O)NCCCCCCCCCCCCCC. The summed E-state index contributed by atoms with van der Waals surface area (Å²) in [6.45, 7) is 6.08. The first kappa shape index (κ1) is 36.0. The van der Waals surface area contributed by atoms with Crippen LogP contribution in [0.1, 0.15) is 187 Å². The van der Waals surface area contributed by atoms with Gasteiger partial charge in [0.05, 0.1) is 0 Å². The van der Waals surface area contributed by atoms with Crippen molar-refractivity contribution in [2.45, 2.75) is 187 Å². The van der Waals surface area contributed by atoms with Gasteiger partial charge in [-0.3, -0.25) is 9.59 Å². The molecule has 0 bridgehead atoms. The maximum atomic E-state index is 12.8. The Hall–Kier alpha value is -1.06. The molecule has 1 saturated carbocycles. The molecule has 4 nitrogen and oxygen atoms in total. The Bertz CT molecular complexity index is 517. The van der Waals surface area contributed by atoms with Crippen LogP contribution < -0.4 is 10.6 Å². The van der Waals surface area contributed by atoms with Crippen LogP contribution in [-0.2, 0) is 9.59 Å². The third-order valence-electron chi connectivity index (χ3n) is 8.85. The molecule has 1 aliphatic carbocycles. The van der Waals surface area contributed by atoms with Gasteiger partial charge in [-0.05, 0) is 25.7 Å². The first-order chi connectivity index (χ1) is 19.2. The highest BCUT2D eigenvalue weighted by molar-refractivity contribution is 5.88. The first-order valence-electron chi connectivity index (χ1n) is 17.8. The standard InChI is InChI=1S/C35H68N2O2/c1-3-5-7-9-11-13-15-17-19-21-23-25-30-36-34(38)32-28-27-29-33(32)35(39)37-31-26-24-22-20-18-16-14-12-10-8-6-4-2/h32-33H,3-31H2,1-2H3,(H,36,38)(H,37,39)/t32-,33-/m1/s1. The maximum Gasteiger partial charge on any atom is 0.223 e. The van der Waals surface area contributed by atoms with Gasteiger partial charge in [-0.15, -0.1) is 0 Å². The molecule has 2 amide bonds. The Morgan fingerprint density at radius 1 is 0.436 bits per heavy atom. The van der Waals surface area contributed by atoms with E-state index in [0.717, 1.165) is 45.2 Å². The molecule has 230 valence electrons. The number of unbranched alkanes of at least 4 members (excludes halogenated alkanes) is 22. The van der Waals surface area contributed by atoms with E-state index in [1.165, 1.54) is 141 Å². The van der Waals surface area contributed by atoms with Crippen LogP contribution in [-0.4, -0.2) is 24.9 Å². The molecule has 0 aliphatic heterocycles. The van der Waals surface area contributed by atoms with Gasteiger partial charge in [0.1, 0.15) is 0 Å². The number of rotatable bonds is 28. The zero-order chi connectivity index (χ0) is 28.2. The van der Waals surface area contributed by atoms with Crippen molar-refractivity contribution in [3.05, 3.63) is 0 Å². The average molecular weight is 549 g/mol. The Morgan fingerprint density at radius 3 is 0.974 bits per heavy atom. The minimum atomic E-state index is -0.121. The van der Waals surface area contributed by atoms with E-state index in [2.05, 4.69) is 24.5 Å². The van der Waals surface area contributed by atoms with Crippen molar-refractivity contribution in [2.75, 3.05) is 13.1 Å². The van der Waals surface area contributed by atoms with Crippen LogP contribution in [0, 0.1) is 11.8 Å². The molecule has 2 N–H and O–H groups in total. The predicted molar refractivity (Wildman–Crippen MR) is 169 cm³/mol. The van der Waals surface area contributed by atoms with Crippen molar-refractivity contribution in [3.63, 3.8) is 0 Å². The Balaban J connectivity index is 1.96. The van der Waals surface area contributed by atoms with E-state index in [1.54, 1.807) is 0 Å². The number of carbonyl (C=O) groups is 2. The second-order valence-corrected chi connectivity index (χ2v) is 12.5. The molecule has 0 aromatic heterocycles. The van der Waals surface area contributed by atoms with Crippen molar-refractivity contribution >= 4 is 11.8 Å². The summed E-state index contributed by atoms with van der Waals surface area (Å²) in [5.41, 5.74) is 0. The highest BCUT2D eigenvalue weighted by Crippen LogP contribution is 2.32. The number of amides is 2. The van der Waals surface area contributed by atoms with Crippen molar-refractivity contribution in [1.82, 2.24) is 10.6 Å². The fourth-order valence-corrected chi connectivity index (χ4v) is 6.21. The van der Waals surface area contributed by atoms with Crippen molar-refractivity contribution in [3.8, 4) is 0 Å². The van der Waals surface area contributed by atoms with Gasteiger partial charge in [-0.25, -0.2) is 0 Å². The Labute approximate surface area is 244 Å². The molecule has 0 spiro atoms. The van der Waals surface area contributed by atoms with E-state index in [-0.39, 0.29) is 23.7 Å². The highest BCUT2D eigenvalue weighted by Gasteiger charge is 2.37. The molecule has 0 unspecified atom stereocenters. The summed E-state index contributed by atoms with van der Waals surface area (Å²) in [5.74, 6) is -0.0178. The normalized spacial score (nSPS) is 17.0. The molecule has 39 heavy (non-hydrogen) atoms. The second-order valence-electron chi connectivity index (χ2n) is 12.5. The molecule has 2 atom stereocenters. The lowest BCUT2D eigenvalue weighted by molar-refractivity contribution is -0.133. The van der Waals surface area contributed by atoms with Crippen molar-refractivity contribution in [1.29, 1.82) is 0 Å². The quantitative estimate of drug-likeness (QED) is 0.0955. The van der Waals surface area contributed by atoms with Gasteiger partial charge in [0.2, 0.25) is 11.8 Å². The molecule has 0 radical (unpaired) electrons. The number of hydrogen-bond acceptors (Lipinski definition) is 2. The Kier molecular flexibility index (Phi) is 25.0. The van der Waals surface area contributed by atoms with Gasteiger partial charge in [0.15, 0.2) is 0 Å². The van der Waals surface area contributed by atoms with E-state index < -0.39 is 0 Å². The monoisotopic (exact) mass is 549 g/mol. The van der Waals surface area contributed by atoms with Gasteiger partial charge in [0, 0.05) is 24.9 Å². The van der Waals surface area contributed by atoms with Gasteiger partial charge in [0.25, 0.3) is 0 Å². The van der Waals surface area contributed by atoms with Crippen molar-refractivity contribution in [2.24, 2.45) is 11.8 Å². The summed E-state index contributed by atoms with van der Waals surface area (Å²) < 4.78 is 0. The third kappa shape index (κ3) is 20.5. The molecule has 0 aromatic rings. The number of hydrogen-bond donors (Lipinski definition) is 2. The Morgan fingerprint density at radius 2 is 0.692 bits per heavy atom. The van der Waals surface area contributed by atoms with E-state index >= 15 is 0 Å². The number of carbonyl (C=O) groups excluding carboxylic acids is 2. The minimum absolute atomic E-state index is 0.112. The van der Waals surface area contributed by atoms with E-state index in [0.29, 0.717) is 0 Å². The largest absolute Gasteiger partial charge is 0.356 e. The lowest BCUT2D eigenvalue weighted by atomic mass is 9.94. The van der Waals surface area contributed by atoms with E-state index in [4.69, 9.17) is 0 Å². The smallest absolute Gasteiger partial charge is 0.223 e. The lowest BCUT2D eigenvalue weighted by Crippen LogP contribution is -2.40. The summed E-state index contributed by atoms with van der Waals surface area (Å²) in [7, 11) is 0.